The van der Waals surface area contributed by atoms with Crippen molar-refractivity contribution in [2.75, 3.05) is 13.7 Å². The number of hydrazone groups is 1. The number of hydrogen-bond acceptors (Lipinski definition) is 5. The highest BCUT2D eigenvalue weighted by Gasteiger charge is 2.54. The standard InChI is InChI=1S/C23H26N2O3/c1-22(2)15-23(12-13-27-22)25-19(17-9-5-7-11-21(17)28-23)14-18(24-25)16-8-4-6-10-20(16)26-3/h4-11,19H,12-15H2,1-3H3/t19-,23-/m0/s1. The van der Waals surface area contributed by atoms with Crippen molar-refractivity contribution in [1.29, 1.82) is 0 Å². The third-order valence-electron chi connectivity index (χ3n) is 6.01. The van der Waals surface area contributed by atoms with Crippen LogP contribution in [0.25, 0.3) is 0 Å². The van der Waals surface area contributed by atoms with E-state index in [2.05, 4.69) is 43.1 Å². The van der Waals surface area contributed by atoms with Gasteiger partial charge in [0.2, 0.25) is 5.72 Å². The number of fused-ring (bicyclic) bond motifs is 4. The summed E-state index contributed by atoms with van der Waals surface area (Å²) in [6.07, 6.45) is 2.40. The van der Waals surface area contributed by atoms with E-state index in [-0.39, 0.29) is 11.6 Å². The summed E-state index contributed by atoms with van der Waals surface area (Å²) in [5, 5.41) is 7.33. The van der Waals surface area contributed by atoms with Crippen LogP contribution in [0.4, 0.5) is 0 Å². The molecule has 3 heterocycles. The first kappa shape index (κ1) is 17.6. The number of rotatable bonds is 2. The molecule has 0 amide bonds. The van der Waals surface area contributed by atoms with Gasteiger partial charge in [-0.25, -0.2) is 5.01 Å². The molecule has 0 unspecified atom stereocenters. The number of methoxy groups -OCH3 is 1. The lowest BCUT2D eigenvalue weighted by molar-refractivity contribution is -0.212. The molecule has 28 heavy (non-hydrogen) atoms. The number of benzene rings is 2. The Labute approximate surface area is 165 Å². The molecule has 146 valence electrons. The fourth-order valence-corrected chi connectivity index (χ4v) is 4.85. The monoisotopic (exact) mass is 378 g/mol. The molecule has 3 aliphatic rings. The third kappa shape index (κ3) is 2.68. The first-order chi connectivity index (χ1) is 13.5. The van der Waals surface area contributed by atoms with Crippen LogP contribution in [-0.2, 0) is 4.74 Å². The molecule has 2 aromatic carbocycles. The minimum Gasteiger partial charge on any atom is -0.496 e. The zero-order valence-corrected chi connectivity index (χ0v) is 16.6. The van der Waals surface area contributed by atoms with Crippen LogP contribution in [0, 0.1) is 0 Å². The van der Waals surface area contributed by atoms with Crippen LogP contribution in [0.5, 0.6) is 11.5 Å². The van der Waals surface area contributed by atoms with Crippen LogP contribution in [0.3, 0.4) is 0 Å². The summed E-state index contributed by atoms with van der Waals surface area (Å²) in [6.45, 7) is 4.93. The van der Waals surface area contributed by atoms with Gasteiger partial charge in [-0.1, -0.05) is 30.3 Å². The summed E-state index contributed by atoms with van der Waals surface area (Å²) >= 11 is 0. The molecule has 1 saturated heterocycles. The summed E-state index contributed by atoms with van der Waals surface area (Å²) in [5.74, 6) is 1.83. The lowest BCUT2D eigenvalue weighted by Crippen LogP contribution is -2.60. The van der Waals surface area contributed by atoms with Crippen LogP contribution >= 0.6 is 0 Å². The van der Waals surface area contributed by atoms with E-state index in [0.29, 0.717) is 6.61 Å². The molecule has 1 spiro atoms. The molecule has 0 bridgehead atoms. The highest BCUT2D eigenvalue weighted by molar-refractivity contribution is 6.04. The summed E-state index contributed by atoms with van der Waals surface area (Å²) < 4.78 is 18.3. The van der Waals surface area contributed by atoms with Gasteiger partial charge in [0.05, 0.1) is 31.1 Å². The molecular weight excluding hydrogens is 352 g/mol. The van der Waals surface area contributed by atoms with Crippen LogP contribution in [-0.4, -0.2) is 35.8 Å². The van der Waals surface area contributed by atoms with Gasteiger partial charge in [-0.05, 0) is 32.0 Å². The number of para-hydroxylation sites is 2. The summed E-state index contributed by atoms with van der Waals surface area (Å²) in [5.41, 5.74) is 2.57. The van der Waals surface area contributed by atoms with Gasteiger partial charge in [0, 0.05) is 30.4 Å². The lowest BCUT2D eigenvalue weighted by atomic mass is 9.86. The number of hydrogen-bond donors (Lipinski definition) is 0. The quantitative estimate of drug-likeness (QED) is 0.770. The van der Waals surface area contributed by atoms with Gasteiger partial charge in [0.25, 0.3) is 0 Å². The molecule has 5 heteroatoms. The molecule has 0 aromatic heterocycles. The first-order valence-corrected chi connectivity index (χ1v) is 9.93. The Kier molecular flexibility index (Phi) is 3.91. The van der Waals surface area contributed by atoms with E-state index in [4.69, 9.17) is 19.3 Å². The molecule has 2 aromatic rings. The van der Waals surface area contributed by atoms with Gasteiger partial charge in [0.1, 0.15) is 11.5 Å². The Morgan fingerprint density at radius 1 is 1.11 bits per heavy atom. The Balaban J connectivity index is 1.62. The Hall–Kier alpha value is -2.53. The SMILES string of the molecule is COc1ccccc1C1=NN2[C@@H](C1)c1ccccc1O[C@]21CCOC(C)(C)C1. The van der Waals surface area contributed by atoms with E-state index >= 15 is 0 Å². The minimum absolute atomic E-state index is 0.166. The van der Waals surface area contributed by atoms with Gasteiger partial charge < -0.3 is 14.2 Å². The van der Waals surface area contributed by atoms with Crippen molar-refractivity contribution in [3.8, 4) is 11.5 Å². The van der Waals surface area contributed by atoms with Gasteiger partial charge in [-0.2, -0.15) is 5.10 Å². The van der Waals surface area contributed by atoms with Gasteiger partial charge in [0.15, 0.2) is 0 Å². The second-order valence-corrected chi connectivity index (χ2v) is 8.43. The second-order valence-electron chi connectivity index (χ2n) is 8.43. The smallest absolute Gasteiger partial charge is 0.203 e. The van der Waals surface area contributed by atoms with E-state index in [1.165, 1.54) is 5.56 Å². The summed E-state index contributed by atoms with van der Waals surface area (Å²) in [6, 6.07) is 16.6. The molecule has 5 rings (SSSR count). The maximum Gasteiger partial charge on any atom is 0.203 e. The average Bonchev–Trinajstić information content (AvgIpc) is 3.14. The van der Waals surface area contributed by atoms with Gasteiger partial charge in [-0.3, -0.25) is 0 Å². The Bertz CT molecular complexity index is 939. The van der Waals surface area contributed by atoms with E-state index in [0.717, 1.165) is 42.0 Å². The molecule has 1 fully saturated rings. The zero-order valence-electron chi connectivity index (χ0n) is 16.6. The minimum atomic E-state index is -0.482. The largest absolute Gasteiger partial charge is 0.496 e. The molecular formula is C23H26N2O3. The van der Waals surface area contributed by atoms with Crippen LogP contribution in [0.1, 0.15) is 50.3 Å². The lowest BCUT2D eigenvalue weighted by Gasteiger charge is -2.52. The maximum absolute atomic E-state index is 6.66. The van der Waals surface area contributed by atoms with Crippen LogP contribution < -0.4 is 9.47 Å². The van der Waals surface area contributed by atoms with Crippen molar-refractivity contribution < 1.29 is 14.2 Å². The van der Waals surface area contributed by atoms with E-state index in [1.54, 1.807) is 7.11 Å². The van der Waals surface area contributed by atoms with E-state index in [1.807, 2.05) is 24.3 Å². The Morgan fingerprint density at radius 2 is 1.89 bits per heavy atom. The highest BCUT2D eigenvalue weighted by Crippen LogP contribution is 2.52. The van der Waals surface area contributed by atoms with Crippen molar-refractivity contribution in [3.05, 3.63) is 59.7 Å². The van der Waals surface area contributed by atoms with Crippen LogP contribution in [0.15, 0.2) is 53.6 Å². The molecule has 0 radical (unpaired) electrons. The molecule has 0 saturated carbocycles. The highest BCUT2D eigenvalue weighted by atomic mass is 16.5. The van der Waals surface area contributed by atoms with Crippen LogP contribution in [0.2, 0.25) is 0 Å². The fraction of sp³-hybridized carbons (Fsp3) is 0.435. The average molecular weight is 378 g/mol. The van der Waals surface area contributed by atoms with Gasteiger partial charge in [-0.15, -0.1) is 0 Å². The van der Waals surface area contributed by atoms with Crippen molar-refractivity contribution in [1.82, 2.24) is 5.01 Å². The zero-order chi connectivity index (χ0) is 19.4. The van der Waals surface area contributed by atoms with E-state index in [9.17, 15) is 0 Å². The predicted octanol–water partition coefficient (Wildman–Crippen LogP) is 4.52. The van der Waals surface area contributed by atoms with Crippen molar-refractivity contribution in [2.45, 2.75) is 50.5 Å². The predicted molar refractivity (Wildman–Crippen MR) is 108 cm³/mol. The second kappa shape index (κ2) is 6.24. The third-order valence-corrected chi connectivity index (χ3v) is 6.01. The first-order valence-electron chi connectivity index (χ1n) is 9.93. The van der Waals surface area contributed by atoms with Crippen molar-refractivity contribution in [3.63, 3.8) is 0 Å². The normalized spacial score (nSPS) is 27.6. The van der Waals surface area contributed by atoms with Crippen molar-refractivity contribution in [2.24, 2.45) is 5.10 Å². The summed E-state index contributed by atoms with van der Waals surface area (Å²) in [4.78, 5) is 0. The molecule has 5 nitrogen and oxygen atoms in total. The number of ether oxygens (including phenoxy) is 3. The van der Waals surface area contributed by atoms with Gasteiger partial charge >= 0.3 is 0 Å². The van der Waals surface area contributed by atoms with E-state index < -0.39 is 5.72 Å². The maximum atomic E-state index is 6.66. The Morgan fingerprint density at radius 3 is 2.71 bits per heavy atom. The molecule has 0 aliphatic carbocycles. The molecule has 3 aliphatic heterocycles. The number of nitrogens with zero attached hydrogens (tertiary/aromatic N) is 2. The fourth-order valence-electron chi connectivity index (χ4n) is 4.85. The summed E-state index contributed by atoms with van der Waals surface area (Å²) in [7, 11) is 1.71. The van der Waals surface area contributed by atoms with Crippen molar-refractivity contribution >= 4 is 5.71 Å². The topological polar surface area (TPSA) is 43.3 Å². The molecule has 2 atom stereocenters. The molecule has 0 N–H and O–H groups in total.